The monoisotopic (exact) mass is 420 g/mol. The second kappa shape index (κ2) is 8.06. The van der Waals surface area contributed by atoms with Gasteiger partial charge in [-0.25, -0.2) is 13.9 Å². The van der Waals surface area contributed by atoms with Crippen LogP contribution in [0.25, 0.3) is 16.8 Å². The Labute approximate surface area is 178 Å². The van der Waals surface area contributed by atoms with Crippen LogP contribution in [0.4, 0.5) is 10.1 Å². The Kier molecular flexibility index (Phi) is 5.29. The number of nitrogens with zero attached hydrogens (tertiary/aromatic N) is 3. The number of ether oxygens (including phenoxy) is 2. The number of fused-ring (bicyclic) bond motifs is 1. The van der Waals surface area contributed by atoms with Crippen molar-refractivity contribution in [1.82, 2.24) is 14.6 Å². The second-order valence-corrected chi connectivity index (χ2v) is 6.98. The van der Waals surface area contributed by atoms with Crippen molar-refractivity contribution in [2.24, 2.45) is 0 Å². The highest BCUT2D eigenvalue weighted by Gasteiger charge is 2.20. The van der Waals surface area contributed by atoms with Crippen molar-refractivity contribution in [1.29, 1.82) is 0 Å². The van der Waals surface area contributed by atoms with Crippen molar-refractivity contribution >= 4 is 17.2 Å². The number of anilines is 1. The highest BCUT2D eigenvalue weighted by Crippen LogP contribution is 2.31. The molecule has 0 atom stereocenters. The standard InChI is InChI=1S/C23H21FN4O3/c1-13-21(15-5-7-16(24)8-6-15)22-25-12-18(14(2)28(22)27-13)23(29)26-19-10-9-17(30-3)11-20(19)31-4/h5-12H,1-4H3,(H,26,29). The molecule has 2 aromatic carbocycles. The molecule has 0 fully saturated rings. The molecular formula is C23H21FN4O3. The van der Waals surface area contributed by atoms with Gasteiger partial charge < -0.3 is 14.8 Å². The van der Waals surface area contributed by atoms with Gasteiger partial charge in [-0.1, -0.05) is 12.1 Å². The van der Waals surface area contributed by atoms with Crippen molar-refractivity contribution in [3.05, 3.63) is 71.4 Å². The number of carbonyl (C=O) groups excluding carboxylic acids is 1. The van der Waals surface area contributed by atoms with E-state index in [2.05, 4.69) is 15.4 Å². The molecule has 7 nitrogen and oxygen atoms in total. The number of carbonyl (C=O) groups is 1. The van der Waals surface area contributed by atoms with Gasteiger partial charge in [-0.2, -0.15) is 5.10 Å². The first-order valence-electron chi connectivity index (χ1n) is 9.57. The molecule has 0 aliphatic heterocycles. The largest absolute Gasteiger partial charge is 0.497 e. The maximum absolute atomic E-state index is 13.3. The first-order valence-corrected chi connectivity index (χ1v) is 9.57. The van der Waals surface area contributed by atoms with Gasteiger partial charge in [-0.3, -0.25) is 4.79 Å². The summed E-state index contributed by atoms with van der Waals surface area (Å²) in [6.45, 7) is 3.66. The normalized spacial score (nSPS) is 10.9. The van der Waals surface area contributed by atoms with Crippen LogP contribution in [0.1, 0.15) is 21.7 Å². The molecule has 0 saturated heterocycles. The van der Waals surface area contributed by atoms with Crippen LogP contribution in [0, 0.1) is 19.7 Å². The van der Waals surface area contributed by atoms with Gasteiger partial charge in [0.2, 0.25) is 0 Å². The lowest BCUT2D eigenvalue weighted by Gasteiger charge is -2.13. The minimum absolute atomic E-state index is 0.310. The minimum Gasteiger partial charge on any atom is -0.497 e. The summed E-state index contributed by atoms with van der Waals surface area (Å²) in [5.74, 6) is 0.448. The van der Waals surface area contributed by atoms with Gasteiger partial charge in [-0.15, -0.1) is 0 Å². The average Bonchev–Trinajstić information content (AvgIpc) is 3.11. The first-order chi connectivity index (χ1) is 14.9. The van der Waals surface area contributed by atoms with E-state index in [1.165, 1.54) is 25.4 Å². The number of rotatable bonds is 5. The first kappa shape index (κ1) is 20.3. The Hall–Kier alpha value is -3.94. The molecule has 0 saturated carbocycles. The summed E-state index contributed by atoms with van der Waals surface area (Å²) in [7, 11) is 3.08. The number of amides is 1. The van der Waals surface area contributed by atoms with Crippen molar-refractivity contribution in [2.75, 3.05) is 19.5 Å². The van der Waals surface area contributed by atoms with E-state index in [1.807, 2.05) is 6.92 Å². The average molecular weight is 420 g/mol. The Morgan fingerprint density at radius 3 is 2.48 bits per heavy atom. The van der Waals surface area contributed by atoms with Crippen LogP contribution in [0.2, 0.25) is 0 Å². The quantitative estimate of drug-likeness (QED) is 0.517. The molecule has 0 bridgehead atoms. The maximum Gasteiger partial charge on any atom is 0.259 e. The molecule has 158 valence electrons. The lowest BCUT2D eigenvalue weighted by atomic mass is 10.1. The molecule has 1 N–H and O–H groups in total. The summed E-state index contributed by atoms with van der Waals surface area (Å²) in [6, 6.07) is 11.3. The van der Waals surface area contributed by atoms with Crippen LogP contribution in [-0.4, -0.2) is 34.7 Å². The smallest absolute Gasteiger partial charge is 0.259 e. The van der Waals surface area contributed by atoms with E-state index < -0.39 is 0 Å². The van der Waals surface area contributed by atoms with Crippen LogP contribution in [0.15, 0.2) is 48.7 Å². The number of aryl methyl sites for hydroxylation is 2. The fourth-order valence-corrected chi connectivity index (χ4v) is 3.47. The number of nitrogens with one attached hydrogen (secondary N) is 1. The van der Waals surface area contributed by atoms with E-state index in [-0.39, 0.29) is 11.7 Å². The number of benzene rings is 2. The molecule has 1 amide bonds. The minimum atomic E-state index is -0.341. The Morgan fingerprint density at radius 2 is 1.81 bits per heavy atom. The molecule has 4 aromatic rings. The van der Waals surface area contributed by atoms with E-state index >= 15 is 0 Å². The Balaban J connectivity index is 1.72. The van der Waals surface area contributed by atoms with Crippen molar-refractivity contribution in [3.8, 4) is 22.6 Å². The fourth-order valence-electron chi connectivity index (χ4n) is 3.47. The van der Waals surface area contributed by atoms with Gasteiger partial charge in [0.25, 0.3) is 5.91 Å². The Bertz CT molecular complexity index is 1280. The number of halogens is 1. The molecule has 2 heterocycles. The van der Waals surface area contributed by atoms with Crippen molar-refractivity contribution in [2.45, 2.75) is 13.8 Å². The summed E-state index contributed by atoms with van der Waals surface area (Å²) < 4.78 is 25.5. The molecule has 31 heavy (non-hydrogen) atoms. The Morgan fingerprint density at radius 1 is 1.06 bits per heavy atom. The summed E-state index contributed by atoms with van der Waals surface area (Å²) in [5.41, 5.74) is 4.45. The molecule has 2 aromatic heterocycles. The van der Waals surface area contributed by atoms with E-state index in [0.717, 1.165) is 16.8 Å². The fraction of sp³-hybridized carbons (Fsp3) is 0.174. The number of methoxy groups -OCH3 is 2. The summed E-state index contributed by atoms with van der Waals surface area (Å²) in [5, 5.41) is 7.41. The molecule has 0 spiro atoms. The number of hydrogen-bond donors (Lipinski definition) is 1. The van der Waals surface area contributed by atoms with Crippen LogP contribution in [-0.2, 0) is 0 Å². The molecular weight excluding hydrogens is 399 g/mol. The summed E-state index contributed by atoms with van der Waals surface area (Å²) in [4.78, 5) is 17.5. The number of aromatic nitrogens is 3. The van der Waals surface area contributed by atoms with Gasteiger partial charge in [-0.05, 0) is 43.7 Å². The van der Waals surface area contributed by atoms with E-state index in [0.29, 0.717) is 34.1 Å². The zero-order valence-corrected chi connectivity index (χ0v) is 17.6. The second-order valence-electron chi connectivity index (χ2n) is 6.98. The summed E-state index contributed by atoms with van der Waals surface area (Å²) in [6.07, 6.45) is 1.52. The molecule has 0 radical (unpaired) electrons. The third-order valence-corrected chi connectivity index (χ3v) is 5.09. The maximum atomic E-state index is 13.3. The van der Waals surface area contributed by atoms with Gasteiger partial charge >= 0.3 is 0 Å². The highest BCUT2D eigenvalue weighted by atomic mass is 19.1. The van der Waals surface area contributed by atoms with Crippen LogP contribution in [0.5, 0.6) is 11.5 Å². The van der Waals surface area contributed by atoms with Gasteiger partial charge in [0.15, 0.2) is 5.65 Å². The summed E-state index contributed by atoms with van der Waals surface area (Å²) >= 11 is 0. The van der Waals surface area contributed by atoms with Crippen LogP contribution >= 0.6 is 0 Å². The van der Waals surface area contributed by atoms with Crippen LogP contribution in [0.3, 0.4) is 0 Å². The predicted molar refractivity (Wildman–Crippen MR) is 115 cm³/mol. The SMILES string of the molecule is COc1ccc(NC(=O)c2cnc3c(-c4ccc(F)cc4)c(C)nn3c2C)c(OC)c1. The van der Waals surface area contributed by atoms with Gasteiger partial charge in [0.1, 0.15) is 17.3 Å². The topological polar surface area (TPSA) is 77.8 Å². The van der Waals surface area contributed by atoms with Gasteiger partial charge in [0.05, 0.1) is 36.9 Å². The molecule has 0 aliphatic carbocycles. The molecule has 8 heteroatoms. The lowest BCUT2D eigenvalue weighted by molar-refractivity contribution is 0.102. The highest BCUT2D eigenvalue weighted by molar-refractivity contribution is 6.05. The number of hydrogen-bond acceptors (Lipinski definition) is 5. The lowest BCUT2D eigenvalue weighted by Crippen LogP contribution is -2.16. The van der Waals surface area contributed by atoms with E-state index in [1.54, 1.807) is 48.9 Å². The molecule has 0 unspecified atom stereocenters. The van der Waals surface area contributed by atoms with E-state index in [4.69, 9.17) is 9.47 Å². The predicted octanol–water partition coefficient (Wildman–Crippen LogP) is 4.42. The van der Waals surface area contributed by atoms with E-state index in [9.17, 15) is 9.18 Å². The third kappa shape index (κ3) is 3.68. The third-order valence-electron chi connectivity index (χ3n) is 5.09. The zero-order valence-electron chi connectivity index (χ0n) is 17.6. The van der Waals surface area contributed by atoms with Crippen molar-refractivity contribution in [3.63, 3.8) is 0 Å². The molecule has 4 rings (SSSR count). The van der Waals surface area contributed by atoms with Gasteiger partial charge in [0, 0.05) is 17.8 Å². The zero-order chi connectivity index (χ0) is 22.1. The molecule has 0 aliphatic rings. The van der Waals surface area contributed by atoms with Crippen molar-refractivity contribution < 1.29 is 18.7 Å². The van der Waals surface area contributed by atoms with Crippen LogP contribution < -0.4 is 14.8 Å².